The maximum atomic E-state index is 4.97. The van der Waals surface area contributed by atoms with Crippen LogP contribution in [0.1, 0.15) is 54.3 Å². The van der Waals surface area contributed by atoms with Crippen molar-refractivity contribution in [2.45, 2.75) is 60.8 Å². The number of rotatable bonds is 0. The van der Waals surface area contributed by atoms with Crippen LogP contribution in [0, 0.1) is 34.6 Å². The Hall–Kier alpha value is -1.37. The summed E-state index contributed by atoms with van der Waals surface area (Å²) in [4.78, 5) is 4.97. The second-order valence-electron chi connectivity index (χ2n) is 6.80. The number of fused-ring (bicyclic) bond motifs is 1. The molecular formula is C18H25N. The van der Waals surface area contributed by atoms with Crippen LogP contribution in [0.2, 0.25) is 0 Å². The molecule has 2 rings (SSSR count). The molecule has 0 aliphatic rings. The van der Waals surface area contributed by atoms with E-state index in [1.807, 2.05) is 0 Å². The van der Waals surface area contributed by atoms with Gasteiger partial charge in [-0.1, -0.05) is 20.8 Å². The number of nitrogens with zero attached hydrogens (tertiary/aromatic N) is 1. The van der Waals surface area contributed by atoms with Gasteiger partial charge in [-0.2, -0.15) is 0 Å². The minimum Gasteiger partial charge on any atom is -0.252 e. The quantitative estimate of drug-likeness (QED) is 0.640. The van der Waals surface area contributed by atoms with Crippen LogP contribution < -0.4 is 0 Å². The molecule has 0 bridgehead atoms. The molecule has 1 nitrogen and oxygen atoms in total. The summed E-state index contributed by atoms with van der Waals surface area (Å²) in [5, 5.41) is 1.34. The molecule has 0 aliphatic carbocycles. The van der Waals surface area contributed by atoms with E-state index in [0.717, 1.165) is 0 Å². The third kappa shape index (κ3) is 2.16. The third-order valence-electron chi connectivity index (χ3n) is 4.40. The van der Waals surface area contributed by atoms with Crippen molar-refractivity contribution in [1.82, 2.24) is 4.98 Å². The topological polar surface area (TPSA) is 12.9 Å². The maximum Gasteiger partial charge on any atom is 0.0742 e. The van der Waals surface area contributed by atoms with E-state index in [1.54, 1.807) is 0 Å². The van der Waals surface area contributed by atoms with Crippen molar-refractivity contribution in [1.29, 1.82) is 0 Å². The molecule has 0 aliphatic heterocycles. The van der Waals surface area contributed by atoms with E-state index in [-0.39, 0.29) is 5.41 Å². The van der Waals surface area contributed by atoms with Crippen LogP contribution in [0.15, 0.2) is 6.07 Å². The van der Waals surface area contributed by atoms with Crippen LogP contribution in [-0.2, 0) is 5.41 Å². The highest BCUT2D eigenvalue weighted by Crippen LogP contribution is 2.32. The first-order valence-corrected chi connectivity index (χ1v) is 7.02. The number of hydrogen-bond donors (Lipinski definition) is 0. The van der Waals surface area contributed by atoms with Crippen molar-refractivity contribution < 1.29 is 0 Å². The lowest BCUT2D eigenvalue weighted by Gasteiger charge is -2.22. The second kappa shape index (κ2) is 4.33. The van der Waals surface area contributed by atoms with Gasteiger partial charge in [0.25, 0.3) is 0 Å². The number of aromatic nitrogens is 1. The van der Waals surface area contributed by atoms with Gasteiger partial charge in [0.05, 0.1) is 5.52 Å². The van der Waals surface area contributed by atoms with Crippen LogP contribution >= 0.6 is 0 Å². The molecule has 0 saturated heterocycles. The first kappa shape index (κ1) is 14.0. The maximum absolute atomic E-state index is 4.97. The predicted molar refractivity (Wildman–Crippen MR) is 84.1 cm³/mol. The molecule has 1 heteroatoms. The first-order valence-electron chi connectivity index (χ1n) is 7.02. The predicted octanol–water partition coefficient (Wildman–Crippen LogP) is 5.07. The minimum atomic E-state index is 0.0953. The summed E-state index contributed by atoms with van der Waals surface area (Å²) < 4.78 is 0. The molecule has 0 fully saturated rings. The average Bonchev–Trinajstić information content (AvgIpc) is 2.31. The van der Waals surface area contributed by atoms with Crippen LogP contribution in [0.25, 0.3) is 10.9 Å². The average molecular weight is 255 g/mol. The summed E-state index contributed by atoms with van der Waals surface area (Å²) in [6, 6.07) is 2.25. The SMILES string of the molecule is Cc1c(C)c(C)c2c(C)cc(C(C)(C)C)nc2c1C. The zero-order chi connectivity index (χ0) is 14.5. The fraction of sp³-hybridized carbons (Fsp3) is 0.500. The lowest BCUT2D eigenvalue weighted by Crippen LogP contribution is -2.14. The van der Waals surface area contributed by atoms with E-state index in [1.165, 1.54) is 44.4 Å². The van der Waals surface area contributed by atoms with Gasteiger partial charge in [0.2, 0.25) is 0 Å². The largest absolute Gasteiger partial charge is 0.252 e. The zero-order valence-corrected chi connectivity index (χ0v) is 13.5. The Bertz CT molecular complexity index is 658. The summed E-state index contributed by atoms with van der Waals surface area (Å²) in [5.41, 5.74) is 9.29. The van der Waals surface area contributed by atoms with Crippen LogP contribution in [0.4, 0.5) is 0 Å². The van der Waals surface area contributed by atoms with Gasteiger partial charge in [0, 0.05) is 16.5 Å². The molecule has 0 saturated carbocycles. The zero-order valence-electron chi connectivity index (χ0n) is 13.5. The van der Waals surface area contributed by atoms with Gasteiger partial charge in [0.15, 0.2) is 0 Å². The molecular weight excluding hydrogens is 230 g/mol. The van der Waals surface area contributed by atoms with E-state index < -0.39 is 0 Å². The smallest absolute Gasteiger partial charge is 0.0742 e. The summed E-state index contributed by atoms with van der Waals surface area (Å²) in [7, 11) is 0. The standard InChI is InChI=1S/C18H25N/c1-10-9-15(18(6,7)8)19-17-14(5)12(3)11(2)13(4)16(10)17/h9H,1-8H3. The van der Waals surface area contributed by atoms with E-state index in [9.17, 15) is 0 Å². The molecule has 0 unspecified atom stereocenters. The van der Waals surface area contributed by atoms with E-state index in [2.05, 4.69) is 61.5 Å². The molecule has 1 aromatic carbocycles. The second-order valence-corrected chi connectivity index (χ2v) is 6.80. The summed E-state index contributed by atoms with van der Waals surface area (Å²) in [6.45, 7) is 17.7. The molecule has 0 N–H and O–H groups in total. The summed E-state index contributed by atoms with van der Waals surface area (Å²) >= 11 is 0. The van der Waals surface area contributed by atoms with E-state index >= 15 is 0 Å². The molecule has 1 heterocycles. The number of aryl methyl sites for hydroxylation is 3. The molecule has 1 aromatic heterocycles. The first-order chi connectivity index (χ1) is 8.64. The summed E-state index contributed by atoms with van der Waals surface area (Å²) in [5.74, 6) is 0. The molecule has 19 heavy (non-hydrogen) atoms. The molecule has 0 amide bonds. The van der Waals surface area contributed by atoms with Crippen molar-refractivity contribution >= 4 is 10.9 Å². The molecule has 2 aromatic rings. The Labute approximate surface area is 117 Å². The molecule has 0 radical (unpaired) electrons. The van der Waals surface area contributed by atoms with Crippen LogP contribution in [0.5, 0.6) is 0 Å². The molecule has 0 atom stereocenters. The number of hydrogen-bond acceptors (Lipinski definition) is 1. The monoisotopic (exact) mass is 255 g/mol. The Morgan fingerprint density at radius 1 is 0.789 bits per heavy atom. The molecule has 102 valence electrons. The van der Waals surface area contributed by atoms with Crippen molar-refractivity contribution in [3.05, 3.63) is 39.6 Å². The summed E-state index contributed by atoms with van der Waals surface area (Å²) in [6.07, 6.45) is 0. The van der Waals surface area contributed by atoms with Crippen LogP contribution in [0.3, 0.4) is 0 Å². The normalized spacial score (nSPS) is 12.2. The highest BCUT2D eigenvalue weighted by atomic mass is 14.7. The fourth-order valence-corrected chi connectivity index (χ4v) is 2.73. The lowest BCUT2D eigenvalue weighted by molar-refractivity contribution is 0.571. The van der Waals surface area contributed by atoms with Gasteiger partial charge < -0.3 is 0 Å². The van der Waals surface area contributed by atoms with Crippen molar-refractivity contribution in [3.63, 3.8) is 0 Å². The Morgan fingerprint density at radius 3 is 1.84 bits per heavy atom. The van der Waals surface area contributed by atoms with Crippen molar-refractivity contribution in [2.75, 3.05) is 0 Å². The third-order valence-corrected chi connectivity index (χ3v) is 4.40. The minimum absolute atomic E-state index is 0.0953. The van der Waals surface area contributed by atoms with Gasteiger partial charge in [-0.3, -0.25) is 4.98 Å². The number of benzene rings is 1. The van der Waals surface area contributed by atoms with Crippen molar-refractivity contribution in [2.24, 2.45) is 0 Å². The Balaban J connectivity index is 2.97. The fourth-order valence-electron chi connectivity index (χ4n) is 2.73. The Kier molecular flexibility index (Phi) is 3.20. The van der Waals surface area contributed by atoms with Crippen LogP contribution in [-0.4, -0.2) is 4.98 Å². The van der Waals surface area contributed by atoms with Crippen molar-refractivity contribution in [3.8, 4) is 0 Å². The van der Waals surface area contributed by atoms with E-state index in [0.29, 0.717) is 0 Å². The lowest BCUT2D eigenvalue weighted by atomic mass is 9.87. The van der Waals surface area contributed by atoms with Gasteiger partial charge in [-0.05, 0) is 68.5 Å². The Morgan fingerprint density at radius 2 is 1.32 bits per heavy atom. The molecule has 0 spiro atoms. The highest BCUT2D eigenvalue weighted by Gasteiger charge is 2.19. The van der Waals surface area contributed by atoms with Gasteiger partial charge in [0.1, 0.15) is 0 Å². The van der Waals surface area contributed by atoms with Gasteiger partial charge in [-0.15, -0.1) is 0 Å². The number of pyridine rings is 1. The van der Waals surface area contributed by atoms with Gasteiger partial charge in [-0.25, -0.2) is 0 Å². The van der Waals surface area contributed by atoms with E-state index in [4.69, 9.17) is 4.98 Å². The van der Waals surface area contributed by atoms with Gasteiger partial charge >= 0.3 is 0 Å². The highest BCUT2D eigenvalue weighted by molar-refractivity contribution is 5.90.